The standard InChI is InChI=1S/C18H18O4/c1-10-7-12-9-14-13(8-11(2)21-14)15(16(12)22-10)18(17(19)20)5-3-4-6-18/h7-9H,3-6H2,1-2H3,(H,19,20). The molecular formula is C18H18O4. The smallest absolute Gasteiger partial charge is 0.314 e. The molecule has 0 aliphatic heterocycles. The molecule has 22 heavy (non-hydrogen) atoms. The minimum atomic E-state index is -0.863. The van der Waals surface area contributed by atoms with E-state index in [4.69, 9.17) is 8.83 Å². The molecule has 1 aliphatic carbocycles. The summed E-state index contributed by atoms with van der Waals surface area (Å²) in [5, 5.41) is 11.8. The predicted molar refractivity (Wildman–Crippen MR) is 83.2 cm³/mol. The van der Waals surface area contributed by atoms with E-state index in [0.29, 0.717) is 18.4 Å². The molecule has 2 heterocycles. The molecule has 0 bridgehead atoms. The number of carbonyl (C=O) groups is 1. The van der Waals surface area contributed by atoms with Crippen LogP contribution >= 0.6 is 0 Å². The first-order valence-corrected chi connectivity index (χ1v) is 7.68. The zero-order valence-corrected chi connectivity index (χ0v) is 12.7. The van der Waals surface area contributed by atoms with Crippen LogP contribution in [0.5, 0.6) is 0 Å². The lowest BCUT2D eigenvalue weighted by Gasteiger charge is -2.25. The van der Waals surface area contributed by atoms with Gasteiger partial charge in [-0.1, -0.05) is 12.8 Å². The van der Waals surface area contributed by atoms with Gasteiger partial charge in [0.05, 0.1) is 5.41 Å². The Kier molecular flexibility index (Phi) is 2.68. The van der Waals surface area contributed by atoms with Crippen LogP contribution in [0.15, 0.2) is 27.0 Å². The quantitative estimate of drug-likeness (QED) is 0.745. The van der Waals surface area contributed by atoms with E-state index in [0.717, 1.165) is 46.3 Å². The zero-order chi connectivity index (χ0) is 15.5. The highest BCUT2D eigenvalue weighted by molar-refractivity contribution is 6.03. The molecule has 1 fully saturated rings. The highest BCUT2D eigenvalue weighted by atomic mass is 16.4. The summed E-state index contributed by atoms with van der Waals surface area (Å²) in [7, 11) is 0. The van der Waals surface area contributed by atoms with E-state index in [-0.39, 0.29) is 0 Å². The van der Waals surface area contributed by atoms with Gasteiger partial charge in [0.25, 0.3) is 0 Å². The Morgan fingerprint density at radius 2 is 1.77 bits per heavy atom. The first-order valence-electron chi connectivity index (χ1n) is 7.68. The number of fused-ring (bicyclic) bond motifs is 2. The van der Waals surface area contributed by atoms with Gasteiger partial charge in [-0.05, 0) is 44.9 Å². The normalized spacial score (nSPS) is 17.5. The van der Waals surface area contributed by atoms with Gasteiger partial charge in [-0.2, -0.15) is 0 Å². The van der Waals surface area contributed by atoms with E-state index >= 15 is 0 Å². The third-order valence-electron chi connectivity index (χ3n) is 4.90. The van der Waals surface area contributed by atoms with Crippen LogP contribution < -0.4 is 0 Å². The van der Waals surface area contributed by atoms with Crippen molar-refractivity contribution in [2.24, 2.45) is 0 Å². The second-order valence-electron chi connectivity index (χ2n) is 6.39. The van der Waals surface area contributed by atoms with Crippen LogP contribution in [0.25, 0.3) is 21.9 Å². The van der Waals surface area contributed by atoms with Gasteiger partial charge < -0.3 is 13.9 Å². The Morgan fingerprint density at radius 1 is 1.09 bits per heavy atom. The van der Waals surface area contributed by atoms with E-state index in [1.54, 1.807) is 0 Å². The van der Waals surface area contributed by atoms with Gasteiger partial charge in [0, 0.05) is 16.3 Å². The number of benzene rings is 1. The molecule has 0 amide bonds. The van der Waals surface area contributed by atoms with E-state index in [2.05, 4.69) is 0 Å². The third kappa shape index (κ3) is 1.67. The van der Waals surface area contributed by atoms with Gasteiger partial charge in [0.2, 0.25) is 0 Å². The van der Waals surface area contributed by atoms with Gasteiger partial charge >= 0.3 is 5.97 Å². The fraction of sp³-hybridized carbons (Fsp3) is 0.389. The van der Waals surface area contributed by atoms with Gasteiger partial charge in [-0.25, -0.2) is 0 Å². The van der Waals surface area contributed by atoms with Gasteiger partial charge in [-0.3, -0.25) is 4.79 Å². The van der Waals surface area contributed by atoms with E-state index in [1.165, 1.54) is 0 Å². The molecule has 0 radical (unpaired) electrons. The molecule has 114 valence electrons. The van der Waals surface area contributed by atoms with E-state index in [9.17, 15) is 9.90 Å². The largest absolute Gasteiger partial charge is 0.481 e. The molecule has 1 N–H and O–H groups in total. The zero-order valence-electron chi connectivity index (χ0n) is 12.7. The number of rotatable bonds is 2. The van der Waals surface area contributed by atoms with Crippen molar-refractivity contribution >= 4 is 27.9 Å². The molecule has 1 aromatic carbocycles. The monoisotopic (exact) mass is 298 g/mol. The van der Waals surface area contributed by atoms with E-state index in [1.807, 2.05) is 32.0 Å². The van der Waals surface area contributed by atoms with Crippen LogP contribution in [0.2, 0.25) is 0 Å². The minimum Gasteiger partial charge on any atom is -0.481 e. The summed E-state index contributed by atoms with van der Waals surface area (Å²) < 4.78 is 11.7. The molecule has 2 aromatic heterocycles. The molecule has 3 aromatic rings. The summed E-state index contributed by atoms with van der Waals surface area (Å²) in [4.78, 5) is 12.2. The Morgan fingerprint density at radius 3 is 2.45 bits per heavy atom. The fourth-order valence-corrected chi connectivity index (χ4v) is 3.96. The lowest BCUT2D eigenvalue weighted by atomic mass is 9.76. The molecule has 4 rings (SSSR count). The van der Waals surface area contributed by atoms with Crippen LogP contribution in [-0.2, 0) is 10.2 Å². The predicted octanol–water partition coefficient (Wildman–Crippen LogP) is 4.69. The van der Waals surface area contributed by atoms with Gasteiger partial charge in [0.1, 0.15) is 22.7 Å². The van der Waals surface area contributed by atoms with Crippen LogP contribution in [0, 0.1) is 13.8 Å². The lowest BCUT2D eigenvalue weighted by molar-refractivity contribution is -0.143. The van der Waals surface area contributed by atoms with Crippen LogP contribution in [-0.4, -0.2) is 11.1 Å². The van der Waals surface area contributed by atoms with Gasteiger partial charge in [-0.15, -0.1) is 0 Å². The molecular weight excluding hydrogens is 280 g/mol. The fourth-order valence-electron chi connectivity index (χ4n) is 3.96. The number of hydrogen-bond donors (Lipinski definition) is 1. The maximum atomic E-state index is 12.2. The van der Waals surface area contributed by atoms with Crippen molar-refractivity contribution in [3.8, 4) is 0 Å². The van der Waals surface area contributed by atoms with Crippen molar-refractivity contribution < 1.29 is 18.7 Å². The maximum absolute atomic E-state index is 12.2. The molecule has 1 saturated carbocycles. The average Bonchev–Trinajstić information content (AvgIpc) is 3.12. The van der Waals surface area contributed by atoms with Crippen molar-refractivity contribution in [1.82, 2.24) is 0 Å². The molecule has 0 atom stereocenters. The average molecular weight is 298 g/mol. The number of furan rings is 2. The molecule has 1 aliphatic rings. The Balaban J connectivity index is 2.18. The highest BCUT2D eigenvalue weighted by Gasteiger charge is 2.46. The summed E-state index contributed by atoms with van der Waals surface area (Å²) in [5.41, 5.74) is 1.39. The first kappa shape index (κ1) is 13.4. The van der Waals surface area contributed by atoms with E-state index < -0.39 is 11.4 Å². The Labute approximate surface area is 127 Å². The summed E-state index contributed by atoms with van der Waals surface area (Å²) in [6.45, 7) is 3.78. The number of carboxylic acid groups (broad SMARTS) is 1. The summed E-state index contributed by atoms with van der Waals surface area (Å²) in [6, 6.07) is 5.83. The number of carboxylic acids is 1. The lowest BCUT2D eigenvalue weighted by Crippen LogP contribution is -2.33. The molecule has 0 unspecified atom stereocenters. The van der Waals surface area contributed by atoms with Crippen molar-refractivity contribution in [3.05, 3.63) is 35.3 Å². The first-order chi connectivity index (χ1) is 10.5. The number of hydrogen-bond acceptors (Lipinski definition) is 3. The second kappa shape index (κ2) is 4.38. The summed E-state index contributed by atoms with van der Waals surface area (Å²) in [6.07, 6.45) is 3.17. The molecule has 0 saturated heterocycles. The SMILES string of the molecule is Cc1cc2c(C3(C(=O)O)CCCC3)c3oc(C)cc3cc2o1. The van der Waals surface area contributed by atoms with Crippen molar-refractivity contribution in [2.45, 2.75) is 44.9 Å². The number of aryl methyl sites for hydroxylation is 2. The summed E-state index contributed by atoms with van der Waals surface area (Å²) in [5.74, 6) is 0.824. The van der Waals surface area contributed by atoms with Crippen molar-refractivity contribution in [3.63, 3.8) is 0 Å². The van der Waals surface area contributed by atoms with Crippen molar-refractivity contribution in [2.75, 3.05) is 0 Å². The highest BCUT2D eigenvalue weighted by Crippen LogP contribution is 2.48. The van der Waals surface area contributed by atoms with Gasteiger partial charge in [0.15, 0.2) is 0 Å². The maximum Gasteiger partial charge on any atom is 0.314 e. The summed E-state index contributed by atoms with van der Waals surface area (Å²) >= 11 is 0. The number of aliphatic carboxylic acids is 1. The topological polar surface area (TPSA) is 63.6 Å². The Bertz CT molecular complexity index is 836. The Hall–Kier alpha value is -2.23. The molecule has 0 spiro atoms. The minimum absolute atomic E-state index is 0.653. The molecule has 4 nitrogen and oxygen atoms in total. The van der Waals surface area contributed by atoms with Crippen LogP contribution in [0.4, 0.5) is 0 Å². The van der Waals surface area contributed by atoms with Crippen LogP contribution in [0.3, 0.4) is 0 Å². The van der Waals surface area contributed by atoms with Crippen LogP contribution in [0.1, 0.15) is 42.8 Å². The third-order valence-corrected chi connectivity index (χ3v) is 4.90. The van der Waals surface area contributed by atoms with Crippen molar-refractivity contribution in [1.29, 1.82) is 0 Å². The molecule has 4 heteroatoms. The second-order valence-corrected chi connectivity index (χ2v) is 6.39.